The van der Waals surface area contributed by atoms with Crippen LogP contribution in [0.1, 0.15) is 0 Å². The van der Waals surface area contributed by atoms with Crippen molar-refractivity contribution in [2.24, 2.45) is 0 Å². The summed E-state index contributed by atoms with van der Waals surface area (Å²) in [6.45, 7) is 0. The Kier molecular flexibility index (Phi) is 4.42. The van der Waals surface area contributed by atoms with Gasteiger partial charge in [0.25, 0.3) is 0 Å². The third kappa shape index (κ3) is 3.44. The van der Waals surface area contributed by atoms with Crippen molar-refractivity contribution >= 4 is 22.5 Å². The molecule has 0 aliphatic heterocycles. The van der Waals surface area contributed by atoms with Crippen molar-refractivity contribution in [1.29, 1.82) is 0 Å². The molecule has 0 aliphatic rings. The predicted octanol–water partition coefficient (Wildman–Crippen LogP) is 5.93. The van der Waals surface area contributed by atoms with Crippen molar-refractivity contribution in [2.75, 3.05) is 0 Å². The average Bonchev–Trinajstić information content (AvgIpc) is 3.19. The zero-order valence-electron chi connectivity index (χ0n) is 15.2. The molecule has 0 saturated heterocycles. The largest absolute Gasteiger partial charge is 0.424 e. The van der Waals surface area contributed by atoms with Crippen LogP contribution in [0.3, 0.4) is 0 Å². The van der Waals surface area contributed by atoms with Crippen LogP contribution in [-0.2, 0) is 0 Å². The van der Waals surface area contributed by atoms with Gasteiger partial charge in [0.1, 0.15) is 5.75 Å². The molecule has 0 radical (unpaired) electrons. The van der Waals surface area contributed by atoms with Crippen LogP contribution in [0.2, 0.25) is 5.28 Å². The minimum absolute atomic E-state index is 0.0794. The molecule has 0 fully saturated rings. The molecule has 5 rings (SSSR count). The van der Waals surface area contributed by atoms with Gasteiger partial charge in [-0.05, 0) is 48.0 Å². The fraction of sp³-hybridized carbons (Fsp3) is 0. The number of aromatic nitrogens is 4. The summed E-state index contributed by atoms with van der Waals surface area (Å²) in [7, 11) is 0. The number of fused-ring (bicyclic) bond motifs is 1. The number of benzene rings is 3. The third-order valence-electron chi connectivity index (χ3n) is 4.53. The highest BCUT2D eigenvalue weighted by molar-refractivity contribution is 6.28. The molecule has 2 heterocycles. The van der Waals surface area contributed by atoms with E-state index in [0.717, 1.165) is 22.2 Å². The molecule has 0 unspecified atom stereocenters. The van der Waals surface area contributed by atoms with Gasteiger partial charge in [0, 0.05) is 22.8 Å². The first-order valence-corrected chi connectivity index (χ1v) is 9.46. The quantitative estimate of drug-likeness (QED) is 0.376. The number of hydrogen-bond acceptors (Lipinski definition) is 4. The van der Waals surface area contributed by atoms with E-state index in [4.69, 9.17) is 16.3 Å². The number of ether oxygens (including phenoxy) is 1. The molecule has 6 heteroatoms. The Bertz CT molecular complexity index is 1290. The van der Waals surface area contributed by atoms with E-state index in [-0.39, 0.29) is 11.3 Å². The Hall–Kier alpha value is -3.70. The Morgan fingerprint density at radius 3 is 2.28 bits per heavy atom. The molecular formula is C23H15ClN4O. The van der Waals surface area contributed by atoms with E-state index in [1.165, 1.54) is 0 Å². The summed E-state index contributed by atoms with van der Waals surface area (Å²) in [5, 5.41) is 1.16. The molecule has 0 amide bonds. The van der Waals surface area contributed by atoms with Crippen molar-refractivity contribution in [3.8, 4) is 28.8 Å². The molecule has 0 bridgehead atoms. The minimum Gasteiger partial charge on any atom is -0.424 e. The topological polar surface area (TPSA) is 52.8 Å². The van der Waals surface area contributed by atoms with Crippen LogP contribution in [0.25, 0.3) is 28.0 Å². The molecule has 0 spiro atoms. The van der Waals surface area contributed by atoms with Crippen molar-refractivity contribution in [3.05, 3.63) is 96.4 Å². The minimum atomic E-state index is 0.0794. The van der Waals surface area contributed by atoms with Crippen LogP contribution < -0.4 is 4.74 Å². The van der Waals surface area contributed by atoms with Crippen molar-refractivity contribution in [1.82, 2.24) is 19.5 Å². The van der Waals surface area contributed by atoms with Gasteiger partial charge in [-0.3, -0.25) is 0 Å². The SMILES string of the molecule is Clc1nc(Oc2ccccc2)nc(-c2cccc3ccn(-c4ccccc4)c23)n1. The molecule has 0 saturated carbocycles. The number of para-hydroxylation sites is 3. The second kappa shape index (κ2) is 7.37. The van der Waals surface area contributed by atoms with Gasteiger partial charge in [-0.1, -0.05) is 48.5 Å². The van der Waals surface area contributed by atoms with Gasteiger partial charge < -0.3 is 9.30 Å². The lowest BCUT2D eigenvalue weighted by atomic mass is 10.1. The van der Waals surface area contributed by atoms with E-state index in [0.29, 0.717) is 11.6 Å². The molecule has 29 heavy (non-hydrogen) atoms. The maximum absolute atomic E-state index is 6.20. The van der Waals surface area contributed by atoms with E-state index in [2.05, 4.69) is 43.8 Å². The monoisotopic (exact) mass is 398 g/mol. The Balaban J connectivity index is 1.65. The van der Waals surface area contributed by atoms with Crippen LogP contribution in [0, 0.1) is 0 Å². The second-order valence-corrected chi connectivity index (χ2v) is 6.73. The fourth-order valence-electron chi connectivity index (χ4n) is 3.27. The lowest BCUT2D eigenvalue weighted by Gasteiger charge is -2.10. The number of hydrogen-bond donors (Lipinski definition) is 0. The van der Waals surface area contributed by atoms with Gasteiger partial charge in [0.15, 0.2) is 5.82 Å². The van der Waals surface area contributed by atoms with Gasteiger partial charge in [-0.25, -0.2) is 0 Å². The number of halogens is 1. The zero-order valence-corrected chi connectivity index (χ0v) is 16.0. The Labute approximate surface area is 172 Å². The van der Waals surface area contributed by atoms with Crippen molar-refractivity contribution in [3.63, 3.8) is 0 Å². The summed E-state index contributed by atoms with van der Waals surface area (Å²) >= 11 is 6.20. The number of rotatable bonds is 4. The first kappa shape index (κ1) is 17.4. The Morgan fingerprint density at radius 2 is 1.48 bits per heavy atom. The van der Waals surface area contributed by atoms with E-state index in [1.54, 1.807) is 0 Å². The van der Waals surface area contributed by atoms with Crippen molar-refractivity contribution < 1.29 is 4.74 Å². The van der Waals surface area contributed by atoms with Crippen LogP contribution >= 0.6 is 11.6 Å². The standard InChI is InChI=1S/C23H15ClN4O/c24-22-25-21(26-23(27-22)29-18-11-5-2-6-12-18)19-13-7-8-16-14-15-28(20(16)19)17-9-3-1-4-10-17/h1-15H. The summed E-state index contributed by atoms with van der Waals surface area (Å²) in [4.78, 5) is 13.0. The molecule has 140 valence electrons. The fourth-order valence-corrected chi connectivity index (χ4v) is 3.42. The molecular weight excluding hydrogens is 384 g/mol. The van der Waals surface area contributed by atoms with Gasteiger partial charge in [-0.2, -0.15) is 15.0 Å². The van der Waals surface area contributed by atoms with E-state index >= 15 is 0 Å². The molecule has 0 aliphatic carbocycles. The predicted molar refractivity (Wildman–Crippen MR) is 114 cm³/mol. The summed E-state index contributed by atoms with van der Waals surface area (Å²) in [5.74, 6) is 1.09. The van der Waals surface area contributed by atoms with Gasteiger partial charge >= 0.3 is 6.01 Å². The summed E-state index contributed by atoms with van der Waals surface area (Å²) in [6, 6.07) is 27.7. The second-order valence-electron chi connectivity index (χ2n) is 6.39. The number of nitrogens with zero attached hydrogens (tertiary/aromatic N) is 4. The molecule has 0 atom stereocenters. The molecule has 0 N–H and O–H groups in total. The lowest BCUT2D eigenvalue weighted by molar-refractivity contribution is 0.440. The summed E-state index contributed by atoms with van der Waals surface area (Å²) in [6.07, 6.45) is 2.04. The third-order valence-corrected chi connectivity index (χ3v) is 4.70. The van der Waals surface area contributed by atoms with E-state index in [1.807, 2.05) is 66.9 Å². The highest BCUT2D eigenvalue weighted by atomic mass is 35.5. The van der Waals surface area contributed by atoms with Crippen molar-refractivity contribution in [2.45, 2.75) is 0 Å². The van der Waals surface area contributed by atoms with E-state index in [9.17, 15) is 0 Å². The molecule has 3 aromatic carbocycles. The maximum atomic E-state index is 6.20. The maximum Gasteiger partial charge on any atom is 0.326 e. The van der Waals surface area contributed by atoms with Gasteiger partial charge in [0.05, 0.1) is 5.52 Å². The molecule has 5 nitrogen and oxygen atoms in total. The zero-order chi connectivity index (χ0) is 19.6. The molecule has 5 aromatic rings. The van der Waals surface area contributed by atoms with Crippen LogP contribution in [0.5, 0.6) is 11.8 Å². The lowest BCUT2D eigenvalue weighted by Crippen LogP contribution is -2.00. The van der Waals surface area contributed by atoms with Crippen LogP contribution in [-0.4, -0.2) is 19.5 Å². The highest BCUT2D eigenvalue weighted by Gasteiger charge is 2.15. The normalized spacial score (nSPS) is 10.9. The first-order chi connectivity index (χ1) is 14.3. The average molecular weight is 399 g/mol. The first-order valence-electron chi connectivity index (χ1n) is 9.08. The smallest absolute Gasteiger partial charge is 0.326 e. The van der Waals surface area contributed by atoms with E-state index < -0.39 is 0 Å². The van der Waals surface area contributed by atoms with Crippen LogP contribution in [0.15, 0.2) is 91.1 Å². The van der Waals surface area contributed by atoms with Gasteiger partial charge in [-0.15, -0.1) is 0 Å². The summed E-state index contributed by atoms with van der Waals surface area (Å²) in [5.41, 5.74) is 2.89. The summed E-state index contributed by atoms with van der Waals surface area (Å²) < 4.78 is 7.89. The molecule has 2 aromatic heterocycles. The van der Waals surface area contributed by atoms with Gasteiger partial charge in [0.2, 0.25) is 5.28 Å². The Morgan fingerprint density at radius 1 is 0.724 bits per heavy atom. The highest BCUT2D eigenvalue weighted by Crippen LogP contribution is 2.31. The van der Waals surface area contributed by atoms with Crippen LogP contribution in [0.4, 0.5) is 0 Å².